The second kappa shape index (κ2) is 7.67. The van der Waals surface area contributed by atoms with Crippen molar-refractivity contribution in [3.05, 3.63) is 45.7 Å². The van der Waals surface area contributed by atoms with Gasteiger partial charge in [-0.25, -0.2) is 0 Å². The highest BCUT2D eigenvalue weighted by atomic mass is 35.5. The molecule has 0 aliphatic rings. The quantitative estimate of drug-likeness (QED) is 0.453. The third-order valence-corrected chi connectivity index (χ3v) is 5.38. The van der Waals surface area contributed by atoms with Gasteiger partial charge in [-0.3, -0.25) is 9.97 Å². The molecule has 0 saturated heterocycles. The van der Waals surface area contributed by atoms with Gasteiger partial charge >= 0.3 is 0 Å². The molecule has 0 atom stereocenters. The smallest absolute Gasteiger partial charge is 0.0980 e. The van der Waals surface area contributed by atoms with Gasteiger partial charge in [-0.1, -0.05) is 62.0 Å². The highest BCUT2D eigenvalue weighted by Gasteiger charge is 2.13. The number of rotatable bonds is 6. The summed E-state index contributed by atoms with van der Waals surface area (Å²) in [5.41, 5.74) is 3.88. The van der Waals surface area contributed by atoms with Crippen LogP contribution in [0.5, 0.6) is 0 Å². The lowest BCUT2D eigenvalue weighted by Crippen LogP contribution is -1.95. The lowest BCUT2D eigenvalue weighted by molar-refractivity contribution is 0.793. The Labute approximate surface area is 153 Å². The molecule has 3 aromatic rings. The SMILES string of the molecule is CCCCc1cnc2c(ccc3c(Cl)c(CCCC)cnc32)c1Cl. The topological polar surface area (TPSA) is 25.8 Å². The van der Waals surface area contributed by atoms with Gasteiger partial charge in [0.1, 0.15) is 0 Å². The van der Waals surface area contributed by atoms with Crippen molar-refractivity contribution < 1.29 is 0 Å². The van der Waals surface area contributed by atoms with E-state index < -0.39 is 0 Å². The van der Waals surface area contributed by atoms with Crippen molar-refractivity contribution in [2.24, 2.45) is 0 Å². The Balaban J connectivity index is 2.14. The molecule has 0 spiro atoms. The number of benzene rings is 1. The van der Waals surface area contributed by atoms with Crippen LogP contribution in [0.3, 0.4) is 0 Å². The van der Waals surface area contributed by atoms with Crippen LogP contribution in [0, 0.1) is 0 Å². The van der Waals surface area contributed by atoms with Gasteiger partial charge < -0.3 is 0 Å². The summed E-state index contributed by atoms with van der Waals surface area (Å²) in [7, 11) is 0. The van der Waals surface area contributed by atoms with Crippen molar-refractivity contribution in [3.63, 3.8) is 0 Å². The van der Waals surface area contributed by atoms with Gasteiger partial charge in [0.15, 0.2) is 0 Å². The van der Waals surface area contributed by atoms with E-state index in [-0.39, 0.29) is 0 Å². The number of hydrogen-bond donors (Lipinski definition) is 0. The first kappa shape index (κ1) is 17.4. The fourth-order valence-electron chi connectivity index (χ4n) is 3.02. The minimum absolute atomic E-state index is 0.795. The lowest BCUT2D eigenvalue weighted by Gasteiger charge is -2.11. The van der Waals surface area contributed by atoms with Gasteiger partial charge in [-0.15, -0.1) is 0 Å². The van der Waals surface area contributed by atoms with Gasteiger partial charge in [-0.2, -0.15) is 0 Å². The third kappa shape index (κ3) is 3.22. The zero-order chi connectivity index (χ0) is 17.1. The molecule has 0 bridgehead atoms. The maximum absolute atomic E-state index is 6.62. The molecule has 126 valence electrons. The molecule has 0 aliphatic carbocycles. The van der Waals surface area contributed by atoms with Gasteiger partial charge in [0.25, 0.3) is 0 Å². The predicted octanol–water partition coefficient (Wildman–Crippen LogP) is 6.78. The summed E-state index contributed by atoms with van der Waals surface area (Å²) in [5, 5.41) is 3.51. The third-order valence-electron chi connectivity index (χ3n) is 4.49. The zero-order valence-electron chi connectivity index (χ0n) is 14.2. The van der Waals surface area contributed by atoms with Crippen LogP contribution >= 0.6 is 23.2 Å². The summed E-state index contributed by atoms with van der Waals surface area (Å²) in [6.07, 6.45) is 10.2. The molecule has 0 fully saturated rings. The molecule has 0 amide bonds. The first-order valence-corrected chi connectivity index (χ1v) is 9.46. The molecule has 0 radical (unpaired) electrons. The Morgan fingerprint density at radius 2 is 1.17 bits per heavy atom. The van der Waals surface area contributed by atoms with Crippen LogP contribution in [0.1, 0.15) is 50.7 Å². The van der Waals surface area contributed by atoms with E-state index in [2.05, 4.69) is 23.8 Å². The molecule has 24 heavy (non-hydrogen) atoms. The van der Waals surface area contributed by atoms with Crippen molar-refractivity contribution in [2.75, 3.05) is 0 Å². The van der Waals surface area contributed by atoms with Gasteiger partial charge in [0.05, 0.1) is 21.1 Å². The number of nitrogens with zero attached hydrogens (tertiary/aromatic N) is 2. The number of aryl methyl sites for hydroxylation is 2. The molecular formula is C20H22Cl2N2. The van der Waals surface area contributed by atoms with Crippen LogP contribution in [-0.4, -0.2) is 9.97 Å². The lowest BCUT2D eigenvalue weighted by atomic mass is 10.0. The number of pyridine rings is 2. The average molecular weight is 361 g/mol. The average Bonchev–Trinajstić information content (AvgIpc) is 2.60. The van der Waals surface area contributed by atoms with Crippen LogP contribution in [0.2, 0.25) is 10.0 Å². The molecule has 2 nitrogen and oxygen atoms in total. The molecular weight excluding hydrogens is 339 g/mol. The number of unbranched alkanes of at least 4 members (excludes halogenated alkanes) is 2. The maximum Gasteiger partial charge on any atom is 0.0980 e. The van der Waals surface area contributed by atoms with Crippen molar-refractivity contribution in [2.45, 2.75) is 52.4 Å². The monoisotopic (exact) mass is 360 g/mol. The first-order chi connectivity index (χ1) is 11.7. The summed E-state index contributed by atoms with van der Waals surface area (Å²) in [5.74, 6) is 0. The van der Waals surface area contributed by atoms with Crippen LogP contribution < -0.4 is 0 Å². The number of hydrogen-bond acceptors (Lipinski definition) is 2. The highest BCUT2D eigenvalue weighted by Crippen LogP contribution is 2.34. The van der Waals surface area contributed by atoms with E-state index in [1.54, 1.807) is 0 Å². The van der Waals surface area contributed by atoms with Gasteiger partial charge in [-0.05, 0) is 36.8 Å². The summed E-state index contributed by atoms with van der Waals surface area (Å²) in [4.78, 5) is 9.30. The molecule has 2 heterocycles. The normalized spacial score (nSPS) is 11.5. The molecule has 0 aliphatic heterocycles. The number of fused-ring (bicyclic) bond motifs is 3. The highest BCUT2D eigenvalue weighted by molar-refractivity contribution is 6.39. The Kier molecular flexibility index (Phi) is 5.57. The zero-order valence-corrected chi connectivity index (χ0v) is 15.7. The molecule has 3 rings (SSSR count). The molecule has 4 heteroatoms. The van der Waals surface area contributed by atoms with Crippen LogP contribution in [0.25, 0.3) is 21.8 Å². The maximum atomic E-state index is 6.62. The summed E-state index contributed by atoms with van der Waals surface area (Å²) >= 11 is 13.2. The summed E-state index contributed by atoms with van der Waals surface area (Å²) in [6, 6.07) is 4.05. The van der Waals surface area contributed by atoms with E-state index >= 15 is 0 Å². The van der Waals surface area contributed by atoms with Crippen molar-refractivity contribution in [1.29, 1.82) is 0 Å². The minimum atomic E-state index is 0.795. The van der Waals surface area contributed by atoms with E-state index in [1.807, 2.05) is 24.5 Å². The Morgan fingerprint density at radius 3 is 1.54 bits per heavy atom. The van der Waals surface area contributed by atoms with E-state index in [0.29, 0.717) is 0 Å². The minimum Gasteiger partial charge on any atom is -0.254 e. The van der Waals surface area contributed by atoms with E-state index in [4.69, 9.17) is 23.2 Å². The predicted molar refractivity (Wildman–Crippen MR) is 104 cm³/mol. The van der Waals surface area contributed by atoms with Crippen molar-refractivity contribution in [3.8, 4) is 0 Å². The fraction of sp³-hybridized carbons (Fsp3) is 0.400. The Hall–Kier alpha value is -1.38. The fourth-order valence-corrected chi connectivity index (χ4v) is 3.61. The molecule has 0 saturated carbocycles. The molecule has 1 aromatic carbocycles. The second-order valence-corrected chi connectivity index (χ2v) is 7.02. The number of aromatic nitrogens is 2. The summed E-state index contributed by atoms with van der Waals surface area (Å²) in [6.45, 7) is 4.36. The molecule has 2 aromatic heterocycles. The van der Waals surface area contributed by atoms with Gasteiger partial charge in [0.2, 0.25) is 0 Å². The standard InChI is InChI=1S/C20H22Cl2N2/c1-3-5-7-13-11-23-19-15(17(13)21)9-10-16-18(22)14(8-6-4-2)12-24-20(16)19/h9-12H,3-8H2,1-2H3. The van der Waals surface area contributed by atoms with Gasteiger partial charge in [0, 0.05) is 23.2 Å². The Bertz CT molecular complexity index is 802. The van der Waals surface area contributed by atoms with Crippen molar-refractivity contribution >= 4 is 45.0 Å². The van der Waals surface area contributed by atoms with E-state index in [9.17, 15) is 0 Å². The largest absolute Gasteiger partial charge is 0.254 e. The molecule has 0 N–H and O–H groups in total. The number of halogens is 2. The first-order valence-electron chi connectivity index (χ1n) is 8.70. The van der Waals surface area contributed by atoms with Crippen LogP contribution in [0.15, 0.2) is 24.5 Å². The van der Waals surface area contributed by atoms with Crippen molar-refractivity contribution in [1.82, 2.24) is 9.97 Å². The van der Waals surface area contributed by atoms with Crippen LogP contribution in [-0.2, 0) is 12.8 Å². The summed E-state index contributed by atoms with van der Waals surface area (Å²) < 4.78 is 0. The molecule has 0 unspecified atom stereocenters. The van der Waals surface area contributed by atoms with E-state index in [1.165, 1.54) is 0 Å². The van der Waals surface area contributed by atoms with Crippen LogP contribution in [0.4, 0.5) is 0 Å². The Morgan fingerprint density at radius 1 is 0.750 bits per heavy atom. The van der Waals surface area contributed by atoms with E-state index in [0.717, 1.165) is 81.5 Å². The second-order valence-electron chi connectivity index (χ2n) is 6.26.